The van der Waals surface area contributed by atoms with E-state index in [1.807, 2.05) is 0 Å². The van der Waals surface area contributed by atoms with Gasteiger partial charge in [-0.15, -0.1) is 0 Å². The molecule has 482 valence electrons. The van der Waals surface area contributed by atoms with Gasteiger partial charge >= 0.3 is 17.9 Å². The summed E-state index contributed by atoms with van der Waals surface area (Å²) in [7, 11) is 0. The van der Waals surface area contributed by atoms with E-state index < -0.39 is 6.10 Å². The maximum atomic E-state index is 13.0. The summed E-state index contributed by atoms with van der Waals surface area (Å²) < 4.78 is 17.0. The zero-order valence-electron chi connectivity index (χ0n) is 55.5. The lowest BCUT2D eigenvalue weighted by molar-refractivity contribution is -0.167. The van der Waals surface area contributed by atoms with Crippen LogP contribution in [0.3, 0.4) is 0 Å². The van der Waals surface area contributed by atoms with Crippen LogP contribution in [0.5, 0.6) is 0 Å². The summed E-state index contributed by atoms with van der Waals surface area (Å²) in [5.41, 5.74) is 0. The van der Waals surface area contributed by atoms with Crippen LogP contribution in [-0.4, -0.2) is 37.2 Å². The van der Waals surface area contributed by atoms with Crippen LogP contribution in [0.4, 0.5) is 0 Å². The first-order valence-corrected chi connectivity index (χ1v) is 36.4. The lowest BCUT2D eigenvalue weighted by Gasteiger charge is -2.18. The molecular weight excluding hydrogens is 1020 g/mol. The van der Waals surface area contributed by atoms with Crippen LogP contribution >= 0.6 is 0 Å². The van der Waals surface area contributed by atoms with E-state index in [0.29, 0.717) is 19.3 Å². The van der Waals surface area contributed by atoms with Crippen molar-refractivity contribution in [3.05, 3.63) is 72.9 Å². The first kappa shape index (κ1) is 79.8. The minimum Gasteiger partial charge on any atom is -0.462 e. The molecule has 1 unspecified atom stereocenters. The van der Waals surface area contributed by atoms with Crippen molar-refractivity contribution in [1.82, 2.24) is 0 Å². The van der Waals surface area contributed by atoms with Crippen molar-refractivity contribution in [2.75, 3.05) is 13.2 Å². The summed E-state index contributed by atoms with van der Waals surface area (Å²) in [6.07, 6.45) is 93.6. The Hall–Kier alpha value is -3.15. The van der Waals surface area contributed by atoms with Gasteiger partial charge in [-0.25, -0.2) is 0 Å². The first-order valence-electron chi connectivity index (χ1n) is 36.4. The molecule has 0 bridgehead atoms. The first-order chi connectivity index (χ1) is 41.0. The van der Waals surface area contributed by atoms with Crippen LogP contribution in [-0.2, 0) is 28.6 Å². The fourth-order valence-electron chi connectivity index (χ4n) is 10.7. The highest BCUT2D eigenvalue weighted by Gasteiger charge is 2.19. The third kappa shape index (κ3) is 69.5. The highest BCUT2D eigenvalue weighted by atomic mass is 16.6. The molecule has 0 aromatic carbocycles. The van der Waals surface area contributed by atoms with E-state index >= 15 is 0 Å². The number of hydrogen-bond acceptors (Lipinski definition) is 6. The molecular formula is C77H138O6. The third-order valence-electron chi connectivity index (χ3n) is 16.2. The predicted molar refractivity (Wildman–Crippen MR) is 362 cm³/mol. The molecule has 0 amide bonds. The molecule has 6 heteroatoms. The molecule has 0 N–H and O–H groups in total. The molecule has 0 rings (SSSR count). The van der Waals surface area contributed by atoms with Gasteiger partial charge in [0.1, 0.15) is 13.2 Å². The minimum atomic E-state index is -0.786. The summed E-state index contributed by atoms with van der Waals surface area (Å²) >= 11 is 0. The van der Waals surface area contributed by atoms with Gasteiger partial charge in [-0.2, -0.15) is 0 Å². The highest BCUT2D eigenvalue weighted by Crippen LogP contribution is 2.18. The number of esters is 3. The Balaban J connectivity index is 4.31. The molecule has 6 nitrogen and oxygen atoms in total. The fraction of sp³-hybridized carbons (Fsp3) is 0.805. The van der Waals surface area contributed by atoms with E-state index in [1.54, 1.807) is 0 Å². The minimum absolute atomic E-state index is 0.0790. The molecule has 0 saturated carbocycles. The van der Waals surface area contributed by atoms with E-state index in [1.165, 1.54) is 244 Å². The van der Waals surface area contributed by atoms with Crippen molar-refractivity contribution in [1.29, 1.82) is 0 Å². The molecule has 0 aromatic rings. The quantitative estimate of drug-likeness (QED) is 0.0261. The third-order valence-corrected chi connectivity index (χ3v) is 16.2. The van der Waals surface area contributed by atoms with E-state index in [-0.39, 0.29) is 31.1 Å². The smallest absolute Gasteiger partial charge is 0.306 e. The average Bonchev–Trinajstić information content (AvgIpc) is 3.50. The van der Waals surface area contributed by atoms with E-state index in [9.17, 15) is 14.4 Å². The molecule has 0 spiro atoms. The van der Waals surface area contributed by atoms with Gasteiger partial charge in [-0.05, 0) is 109 Å². The van der Waals surface area contributed by atoms with Gasteiger partial charge in [0.15, 0.2) is 6.10 Å². The number of allylic oxidation sites excluding steroid dienone is 12. The van der Waals surface area contributed by atoms with Crippen LogP contribution < -0.4 is 0 Å². The molecule has 1 atom stereocenters. The number of rotatable bonds is 67. The van der Waals surface area contributed by atoms with Crippen molar-refractivity contribution < 1.29 is 28.6 Å². The standard InChI is InChI=1S/C77H138O6/c1-4-7-10-13-16-19-22-25-28-31-34-35-36-37-38-39-40-41-44-46-49-52-55-58-61-64-67-70-76(79)82-73-74(83-77(80)71-68-65-62-59-56-53-50-47-43-33-30-27-24-21-18-15-12-9-6-3)72-81-75(78)69-66-63-60-57-54-51-48-45-42-32-29-26-23-20-17-14-11-8-5-2/h9,12,18,21,26-27,29-31,34,43,47,74H,4-8,10-11,13-17,19-20,22-25,28,32-33,35-42,44-46,48-73H2,1-3H3/b12-9-,21-18-,29-26-,30-27-,34-31-,47-43-. The monoisotopic (exact) mass is 1160 g/mol. The lowest BCUT2D eigenvalue weighted by atomic mass is 10.0. The molecule has 83 heavy (non-hydrogen) atoms. The second-order valence-electron chi connectivity index (χ2n) is 24.5. The number of carbonyl (C=O) groups is 3. The van der Waals surface area contributed by atoms with Gasteiger partial charge in [0.25, 0.3) is 0 Å². The van der Waals surface area contributed by atoms with Gasteiger partial charge in [-0.3, -0.25) is 14.4 Å². The van der Waals surface area contributed by atoms with Crippen LogP contribution in [0.25, 0.3) is 0 Å². The predicted octanol–water partition coefficient (Wildman–Crippen LogP) is 25.2. The van der Waals surface area contributed by atoms with Crippen molar-refractivity contribution in [2.24, 2.45) is 0 Å². The van der Waals surface area contributed by atoms with Crippen LogP contribution in [0.1, 0.15) is 380 Å². The molecule has 0 heterocycles. The molecule has 0 radical (unpaired) electrons. The Bertz CT molecular complexity index is 1520. The number of carbonyl (C=O) groups excluding carboxylic acids is 3. The van der Waals surface area contributed by atoms with Crippen molar-refractivity contribution in [2.45, 2.75) is 386 Å². The summed E-state index contributed by atoms with van der Waals surface area (Å²) in [6.45, 7) is 6.57. The average molecular weight is 1160 g/mol. The zero-order valence-corrected chi connectivity index (χ0v) is 55.5. The largest absolute Gasteiger partial charge is 0.462 e. The second-order valence-corrected chi connectivity index (χ2v) is 24.5. The second kappa shape index (κ2) is 71.3. The molecule has 0 fully saturated rings. The van der Waals surface area contributed by atoms with Gasteiger partial charge in [-0.1, -0.05) is 325 Å². The van der Waals surface area contributed by atoms with Gasteiger partial charge in [0.05, 0.1) is 0 Å². The van der Waals surface area contributed by atoms with Gasteiger partial charge < -0.3 is 14.2 Å². The van der Waals surface area contributed by atoms with Crippen LogP contribution in [0.2, 0.25) is 0 Å². The van der Waals surface area contributed by atoms with E-state index in [4.69, 9.17) is 14.2 Å². The molecule has 0 aliphatic carbocycles. The van der Waals surface area contributed by atoms with Crippen LogP contribution in [0.15, 0.2) is 72.9 Å². The number of ether oxygens (including phenoxy) is 3. The Labute approximate surface area is 516 Å². The zero-order chi connectivity index (χ0) is 59.9. The highest BCUT2D eigenvalue weighted by molar-refractivity contribution is 5.71. The molecule has 0 saturated heterocycles. The number of hydrogen-bond donors (Lipinski definition) is 0. The van der Waals surface area contributed by atoms with E-state index in [2.05, 4.69) is 93.7 Å². The Morgan fingerprint density at radius 3 is 0.747 bits per heavy atom. The summed E-state index contributed by atoms with van der Waals surface area (Å²) in [5.74, 6) is -0.873. The van der Waals surface area contributed by atoms with Gasteiger partial charge in [0, 0.05) is 19.3 Å². The van der Waals surface area contributed by atoms with Crippen molar-refractivity contribution >= 4 is 17.9 Å². The summed E-state index contributed by atoms with van der Waals surface area (Å²) in [4.78, 5) is 38.5. The topological polar surface area (TPSA) is 78.9 Å². The summed E-state index contributed by atoms with van der Waals surface area (Å²) in [6, 6.07) is 0. The normalized spacial score (nSPS) is 12.5. The van der Waals surface area contributed by atoms with Crippen molar-refractivity contribution in [3.8, 4) is 0 Å². The fourth-order valence-corrected chi connectivity index (χ4v) is 10.7. The van der Waals surface area contributed by atoms with Crippen molar-refractivity contribution in [3.63, 3.8) is 0 Å². The number of unbranched alkanes of at least 4 members (excludes halogenated alkanes) is 44. The van der Waals surface area contributed by atoms with Crippen LogP contribution in [0, 0.1) is 0 Å². The molecule has 0 aliphatic heterocycles. The molecule has 0 aromatic heterocycles. The summed E-state index contributed by atoms with van der Waals surface area (Å²) in [5, 5.41) is 0. The maximum Gasteiger partial charge on any atom is 0.306 e. The SMILES string of the molecule is CC/C=C\C/C=C\C/C=C\C/C=C\CCCCCCCCC(=O)OC(COC(=O)CCCCCCCCCCC/C=C\CCCCCCCC)COC(=O)CCCCCCCCCCCCCCCCC/C=C\CCCCCCCCCC. The van der Waals surface area contributed by atoms with Gasteiger partial charge in [0.2, 0.25) is 0 Å². The Morgan fingerprint density at radius 2 is 0.470 bits per heavy atom. The lowest BCUT2D eigenvalue weighted by Crippen LogP contribution is -2.30. The Morgan fingerprint density at radius 1 is 0.253 bits per heavy atom. The van der Waals surface area contributed by atoms with E-state index in [0.717, 1.165) is 96.3 Å². The molecule has 0 aliphatic rings. The maximum absolute atomic E-state index is 13.0. The Kier molecular flexibility index (Phi) is 68.6.